The Labute approximate surface area is 170 Å². The third-order valence-electron chi connectivity index (χ3n) is 5.54. The SMILES string of the molecule is COc1ccccc1C1=C(N2CCCC(C)C2)C(=O)N(Cc2ccccn2)C1=O. The number of likely N-dealkylation sites (tertiary alicyclic amines) is 1. The fraction of sp³-hybridized carbons (Fsp3) is 0.348. The Kier molecular flexibility index (Phi) is 5.34. The summed E-state index contributed by atoms with van der Waals surface area (Å²) in [6, 6.07) is 12.9. The minimum atomic E-state index is -0.293. The molecular weight excluding hydrogens is 366 g/mol. The Morgan fingerprint density at radius 1 is 1.10 bits per heavy atom. The predicted molar refractivity (Wildman–Crippen MR) is 110 cm³/mol. The highest BCUT2D eigenvalue weighted by molar-refractivity contribution is 6.35. The van der Waals surface area contributed by atoms with Crippen molar-refractivity contribution in [3.63, 3.8) is 0 Å². The summed E-state index contributed by atoms with van der Waals surface area (Å²) in [6.07, 6.45) is 3.81. The number of nitrogens with zero attached hydrogens (tertiary/aromatic N) is 3. The standard InChI is InChI=1S/C23H25N3O3/c1-16-8-7-13-25(14-16)21-20(18-10-3-4-11-19(18)29-2)22(27)26(23(21)28)15-17-9-5-6-12-24-17/h3-6,9-12,16H,7-8,13-15H2,1-2H3. The lowest BCUT2D eigenvalue weighted by Crippen LogP contribution is -2.39. The summed E-state index contributed by atoms with van der Waals surface area (Å²) in [6.45, 7) is 3.88. The van der Waals surface area contributed by atoms with Gasteiger partial charge in [0.2, 0.25) is 0 Å². The zero-order valence-corrected chi connectivity index (χ0v) is 16.8. The second kappa shape index (κ2) is 8.07. The first-order valence-corrected chi connectivity index (χ1v) is 9.99. The van der Waals surface area contributed by atoms with Gasteiger partial charge < -0.3 is 9.64 Å². The summed E-state index contributed by atoms with van der Waals surface area (Å²) in [5, 5.41) is 0. The molecule has 0 bridgehead atoms. The number of carbonyl (C=O) groups is 2. The van der Waals surface area contributed by atoms with E-state index >= 15 is 0 Å². The van der Waals surface area contributed by atoms with Crippen LogP contribution in [0.3, 0.4) is 0 Å². The Hall–Kier alpha value is -3.15. The predicted octanol–water partition coefficient (Wildman–Crippen LogP) is 3.10. The quantitative estimate of drug-likeness (QED) is 0.733. The molecule has 2 amide bonds. The zero-order valence-electron chi connectivity index (χ0n) is 16.8. The molecule has 1 aromatic carbocycles. The lowest BCUT2D eigenvalue weighted by Gasteiger charge is -2.33. The fourth-order valence-electron chi connectivity index (χ4n) is 4.14. The Balaban J connectivity index is 1.79. The molecule has 2 aliphatic rings. The van der Waals surface area contributed by atoms with Crippen LogP contribution >= 0.6 is 0 Å². The average molecular weight is 391 g/mol. The van der Waals surface area contributed by atoms with Gasteiger partial charge in [0.15, 0.2) is 0 Å². The van der Waals surface area contributed by atoms with Gasteiger partial charge in [-0.2, -0.15) is 0 Å². The number of piperidine rings is 1. The summed E-state index contributed by atoms with van der Waals surface area (Å²) in [5.74, 6) is 0.517. The van der Waals surface area contributed by atoms with Crippen LogP contribution in [0.4, 0.5) is 0 Å². The number of para-hydroxylation sites is 1. The van der Waals surface area contributed by atoms with E-state index in [0.717, 1.165) is 25.9 Å². The molecule has 2 aromatic rings. The van der Waals surface area contributed by atoms with Crippen molar-refractivity contribution < 1.29 is 14.3 Å². The molecule has 0 spiro atoms. The molecule has 1 aromatic heterocycles. The van der Waals surface area contributed by atoms with Gasteiger partial charge in [-0.1, -0.05) is 31.2 Å². The summed E-state index contributed by atoms with van der Waals surface area (Å²) >= 11 is 0. The molecule has 1 atom stereocenters. The molecule has 0 saturated carbocycles. The number of carbonyl (C=O) groups excluding carboxylic acids is 2. The third-order valence-corrected chi connectivity index (χ3v) is 5.54. The number of pyridine rings is 1. The van der Waals surface area contributed by atoms with Gasteiger partial charge in [-0.25, -0.2) is 0 Å². The topological polar surface area (TPSA) is 62.7 Å². The lowest BCUT2D eigenvalue weighted by atomic mass is 9.97. The third kappa shape index (κ3) is 3.62. The van der Waals surface area contributed by atoms with Gasteiger partial charge in [-0.05, 0) is 37.0 Å². The second-order valence-corrected chi connectivity index (χ2v) is 7.63. The number of ether oxygens (including phenoxy) is 1. The maximum atomic E-state index is 13.5. The molecule has 3 heterocycles. The Bertz CT molecular complexity index is 955. The van der Waals surface area contributed by atoms with Crippen LogP contribution in [-0.4, -0.2) is 46.8 Å². The number of amides is 2. The molecule has 1 saturated heterocycles. The molecule has 0 aliphatic carbocycles. The van der Waals surface area contributed by atoms with Gasteiger partial charge >= 0.3 is 0 Å². The van der Waals surface area contributed by atoms with Crippen molar-refractivity contribution in [1.29, 1.82) is 0 Å². The van der Waals surface area contributed by atoms with Crippen LogP contribution in [0.25, 0.3) is 5.57 Å². The molecule has 1 fully saturated rings. The van der Waals surface area contributed by atoms with Crippen LogP contribution in [0.2, 0.25) is 0 Å². The molecule has 2 aliphatic heterocycles. The van der Waals surface area contributed by atoms with Gasteiger partial charge in [-0.3, -0.25) is 19.5 Å². The molecule has 150 valence electrons. The molecule has 4 rings (SSSR count). The largest absolute Gasteiger partial charge is 0.496 e. The fourth-order valence-corrected chi connectivity index (χ4v) is 4.14. The number of hydrogen-bond acceptors (Lipinski definition) is 5. The minimum Gasteiger partial charge on any atom is -0.496 e. The number of benzene rings is 1. The van der Waals surface area contributed by atoms with E-state index in [0.29, 0.717) is 34.2 Å². The normalized spacial score (nSPS) is 19.9. The Morgan fingerprint density at radius 2 is 1.90 bits per heavy atom. The summed E-state index contributed by atoms with van der Waals surface area (Å²) < 4.78 is 5.50. The van der Waals surface area contributed by atoms with E-state index in [9.17, 15) is 9.59 Å². The van der Waals surface area contributed by atoms with Crippen molar-refractivity contribution in [2.75, 3.05) is 20.2 Å². The summed E-state index contributed by atoms with van der Waals surface area (Å²) in [4.78, 5) is 34.6. The molecular formula is C23H25N3O3. The van der Waals surface area contributed by atoms with Crippen molar-refractivity contribution in [2.45, 2.75) is 26.3 Å². The first-order chi connectivity index (χ1) is 14.1. The number of imide groups is 1. The van der Waals surface area contributed by atoms with Crippen LogP contribution in [0.15, 0.2) is 54.4 Å². The van der Waals surface area contributed by atoms with E-state index in [1.165, 1.54) is 4.90 Å². The van der Waals surface area contributed by atoms with Crippen molar-refractivity contribution in [2.24, 2.45) is 5.92 Å². The second-order valence-electron chi connectivity index (χ2n) is 7.63. The van der Waals surface area contributed by atoms with Gasteiger partial charge in [0.1, 0.15) is 11.4 Å². The highest BCUT2D eigenvalue weighted by atomic mass is 16.5. The smallest absolute Gasteiger partial charge is 0.278 e. The van der Waals surface area contributed by atoms with E-state index in [4.69, 9.17) is 4.74 Å². The van der Waals surface area contributed by atoms with Crippen LogP contribution in [-0.2, 0) is 16.1 Å². The van der Waals surface area contributed by atoms with Crippen molar-refractivity contribution >= 4 is 17.4 Å². The van der Waals surface area contributed by atoms with Crippen LogP contribution < -0.4 is 4.74 Å². The van der Waals surface area contributed by atoms with E-state index in [2.05, 4.69) is 16.8 Å². The van der Waals surface area contributed by atoms with Crippen LogP contribution in [0.5, 0.6) is 5.75 Å². The van der Waals surface area contributed by atoms with Crippen molar-refractivity contribution in [3.8, 4) is 5.75 Å². The number of hydrogen-bond donors (Lipinski definition) is 0. The maximum absolute atomic E-state index is 13.5. The number of aromatic nitrogens is 1. The lowest BCUT2D eigenvalue weighted by molar-refractivity contribution is -0.138. The van der Waals surface area contributed by atoms with Gasteiger partial charge in [0.25, 0.3) is 11.8 Å². The van der Waals surface area contributed by atoms with Crippen LogP contribution in [0.1, 0.15) is 31.0 Å². The first kappa shape index (κ1) is 19.2. The molecule has 6 heteroatoms. The molecule has 6 nitrogen and oxygen atoms in total. The minimum absolute atomic E-state index is 0.157. The average Bonchev–Trinajstić information content (AvgIpc) is 2.99. The molecule has 1 unspecified atom stereocenters. The van der Waals surface area contributed by atoms with Crippen LogP contribution in [0, 0.1) is 5.92 Å². The van der Waals surface area contributed by atoms with Crippen molar-refractivity contribution in [1.82, 2.24) is 14.8 Å². The van der Waals surface area contributed by atoms with E-state index in [1.54, 1.807) is 13.3 Å². The number of rotatable bonds is 5. The van der Waals surface area contributed by atoms with Gasteiger partial charge in [0, 0.05) is 24.8 Å². The maximum Gasteiger partial charge on any atom is 0.278 e. The first-order valence-electron chi connectivity index (χ1n) is 9.99. The number of methoxy groups -OCH3 is 1. The van der Waals surface area contributed by atoms with E-state index in [1.807, 2.05) is 42.5 Å². The highest BCUT2D eigenvalue weighted by Gasteiger charge is 2.43. The van der Waals surface area contributed by atoms with E-state index in [-0.39, 0.29) is 18.4 Å². The van der Waals surface area contributed by atoms with Crippen molar-refractivity contribution in [3.05, 3.63) is 65.6 Å². The molecule has 29 heavy (non-hydrogen) atoms. The zero-order chi connectivity index (χ0) is 20.4. The molecule has 0 radical (unpaired) electrons. The summed E-state index contributed by atoms with van der Waals surface area (Å²) in [7, 11) is 1.58. The van der Waals surface area contributed by atoms with Gasteiger partial charge in [0.05, 0.1) is 24.9 Å². The monoisotopic (exact) mass is 391 g/mol. The Morgan fingerprint density at radius 3 is 2.62 bits per heavy atom. The summed E-state index contributed by atoms with van der Waals surface area (Å²) in [5.41, 5.74) is 2.26. The highest BCUT2D eigenvalue weighted by Crippen LogP contribution is 2.37. The van der Waals surface area contributed by atoms with Gasteiger partial charge in [-0.15, -0.1) is 0 Å². The molecule has 0 N–H and O–H groups in total. The van der Waals surface area contributed by atoms with E-state index < -0.39 is 0 Å².